The molecule has 2 aliphatic rings. The SMILES string of the molecule is CN(C)N1c2[nH]c(=O)ccc2C=NC1NC1CCOCC1. The first-order chi connectivity index (χ1) is 10.1. The van der Waals surface area contributed by atoms with Crippen molar-refractivity contribution in [3.63, 3.8) is 0 Å². The molecule has 0 aromatic carbocycles. The van der Waals surface area contributed by atoms with Crippen molar-refractivity contribution in [1.82, 2.24) is 15.3 Å². The van der Waals surface area contributed by atoms with Gasteiger partial charge in [0.05, 0.1) is 0 Å². The second kappa shape index (κ2) is 5.97. The molecule has 0 saturated carbocycles. The van der Waals surface area contributed by atoms with Crippen molar-refractivity contribution in [3.05, 3.63) is 28.0 Å². The molecular formula is C14H21N5O2. The van der Waals surface area contributed by atoms with E-state index in [1.54, 1.807) is 6.07 Å². The third-order valence-corrected chi connectivity index (χ3v) is 3.78. The van der Waals surface area contributed by atoms with Gasteiger partial charge >= 0.3 is 0 Å². The highest BCUT2D eigenvalue weighted by atomic mass is 16.5. The van der Waals surface area contributed by atoms with Gasteiger partial charge in [0.1, 0.15) is 5.82 Å². The first kappa shape index (κ1) is 14.2. The molecule has 1 saturated heterocycles. The predicted octanol–water partition coefficient (Wildman–Crippen LogP) is 0.143. The summed E-state index contributed by atoms with van der Waals surface area (Å²) in [6.07, 6.45) is 3.55. The number of hydrogen-bond donors (Lipinski definition) is 2. The number of ether oxygens (including phenoxy) is 1. The van der Waals surface area contributed by atoms with Crippen LogP contribution in [-0.4, -0.2) is 55.8 Å². The summed E-state index contributed by atoms with van der Waals surface area (Å²) in [5.41, 5.74) is 0.800. The summed E-state index contributed by atoms with van der Waals surface area (Å²) in [4.78, 5) is 19.1. The Balaban J connectivity index is 1.86. The molecule has 7 heteroatoms. The summed E-state index contributed by atoms with van der Waals surface area (Å²) < 4.78 is 5.39. The molecule has 1 aromatic rings. The molecule has 7 nitrogen and oxygen atoms in total. The van der Waals surface area contributed by atoms with Crippen molar-refractivity contribution in [1.29, 1.82) is 0 Å². The van der Waals surface area contributed by atoms with E-state index in [4.69, 9.17) is 4.74 Å². The van der Waals surface area contributed by atoms with Gasteiger partial charge < -0.3 is 9.72 Å². The fourth-order valence-electron chi connectivity index (χ4n) is 2.71. The van der Waals surface area contributed by atoms with Crippen LogP contribution >= 0.6 is 0 Å². The van der Waals surface area contributed by atoms with Crippen molar-refractivity contribution in [2.45, 2.75) is 25.2 Å². The van der Waals surface area contributed by atoms with Crippen LogP contribution < -0.4 is 15.9 Å². The topological polar surface area (TPSA) is 73.0 Å². The lowest BCUT2D eigenvalue weighted by atomic mass is 10.1. The van der Waals surface area contributed by atoms with Gasteiger partial charge in [-0.05, 0) is 18.9 Å². The molecule has 0 spiro atoms. The normalized spacial score (nSPS) is 22.6. The number of aliphatic imine (C=N–C) groups is 1. The maximum absolute atomic E-state index is 11.6. The largest absolute Gasteiger partial charge is 0.381 e. The van der Waals surface area contributed by atoms with Gasteiger partial charge in [-0.25, -0.2) is 5.01 Å². The number of pyridine rings is 1. The number of H-pyrrole nitrogens is 1. The van der Waals surface area contributed by atoms with E-state index in [9.17, 15) is 4.79 Å². The highest BCUT2D eigenvalue weighted by molar-refractivity contribution is 5.88. The highest BCUT2D eigenvalue weighted by Crippen LogP contribution is 2.22. The highest BCUT2D eigenvalue weighted by Gasteiger charge is 2.28. The molecule has 21 heavy (non-hydrogen) atoms. The number of rotatable bonds is 3. The lowest BCUT2D eigenvalue weighted by Gasteiger charge is -2.40. The van der Waals surface area contributed by atoms with E-state index in [-0.39, 0.29) is 11.8 Å². The van der Waals surface area contributed by atoms with Gasteiger partial charge in [-0.15, -0.1) is 0 Å². The molecule has 1 fully saturated rings. The summed E-state index contributed by atoms with van der Waals surface area (Å²) in [6, 6.07) is 3.68. The summed E-state index contributed by atoms with van der Waals surface area (Å²) in [5, 5.41) is 7.43. The molecule has 3 heterocycles. The van der Waals surface area contributed by atoms with Gasteiger partial charge in [-0.3, -0.25) is 20.1 Å². The fraction of sp³-hybridized carbons (Fsp3) is 0.571. The van der Waals surface area contributed by atoms with Gasteiger partial charge in [-0.2, -0.15) is 0 Å². The Hall–Kier alpha value is -1.70. The van der Waals surface area contributed by atoms with Crippen LogP contribution in [0.5, 0.6) is 0 Å². The molecule has 2 N–H and O–H groups in total. The zero-order chi connectivity index (χ0) is 14.8. The summed E-state index contributed by atoms with van der Waals surface area (Å²) >= 11 is 0. The van der Waals surface area contributed by atoms with Gasteiger partial charge in [0.2, 0.25) is 5.56 Å². The van der Waals surface area contributed by atoms with Crippen molar-refractivity contribution >= 4 is 12.0 Å². The predicted molar refractivity (Wildman–Crippen MR) is 81.6 cm³/mol. The third-order valence-electron chi connectivity index (χ3n) is 3.78. The number of hydrazine groups is 1. The standard InChI is InChI=1S/C14H21N5O2/c1-18(2)19-13-10(3-4-12(20)17-13)9-15-14(19)16-11-5-7-21-8-6-11/h3-4,9,11,14,16H,5-8H2,1-2H3,(H,17,20). The quantitative estimate of drug-likeness (QED) is 0.829. The van der Waals surface area contributed by atoms with Gasteiger partial charge in [0.15, 0.2) is 6.29 Å². The number of fused-ring (bicyclic) bond motifs is 1. The van der Waals surface area contributed by atoms with E-state index >= 15 is 0 Å². The Morgan fingerprint density at radius 1 is 1.38 bits per heavy atom. The maximum Gasteiger partial charge on any atom is 0.249 e. The van der Waals surface area contributed by atoms with Crippen LogP contribution in [-0.2, 0) is 4.74 Å². The number of aromatic nitrogens is 1. The summed E-state index contributed by atoms with van der Waals surface area (Å²) in [7, 11) is 3.88. The number of hydrogen-bond acceptors (Lipinski definition) is 6. The molecule has 0 aliphatic carbocycles. The van der Waals surface area contributed by atoms with E-state index < -0.39 is 0 Å². The van der Waals surface area contributed by atoms with Crippen LogP contribution in [0.4, 0.5) is 5.82 Å². The molecule has 3 rings (SSSR count). The van der Waals surface area contributed by atoms with Crippen LogP contribution in [0.15, 0.2) is 21.9 Å². The number of nitrogens with one attached hydrogen (secondary N) is 2. The van der Waals surface area contributed by atoms with Crippen LogP contribution in [0.2, 0.25) is 0 Å². The van der Waals surface area contributed by atoms with Gasteiger partial charge in [-0.1, -0.05) is 0 Å². The Morgan fingerprint density at radius 3 is 2.86 bits per heavy atom. The van der Waals surface area contributed by atoms with E-state index in [1.165, 1.54) is 6.07 Å². The fourth-order valence-corrected chi connectivity index (χ4v) is 2.71. The first-order valence-corrected chi connectivity index (χ1v) is 7.22. The molecule has 0 amide bonds. The second-order valence-electron chi connectivity index (χ2n) is 5.52. The van der Waals surface area contributed by atoms with Crippen LogP contribution in [0.1, 0.15) is 18.4 Å². The molecule has 0 bridgehead atoms. The Kier molecular flexibility index (Phi) is 4.05. The second-order valence-corrected chi connectivity index (χ2v) is 5.52. The van der Waals surface area contributed by atoms with Crippen molar-refractivity contribution in [2.24, 2.45) is 4.99 Å². The van der Waals surface area contributed by atoms with Crippen molar-refractivity contribution < 1.29 is 4.74 Å². The van der Waals surface area contributed by atoms with Crippen LogP contribution in [0.25, 0.3) is 0 Å². The zero-order valence-corrected chi connectivity index (χ0v) is 12.4. The maximum atomic E-state index is 11.6. The average molecular weight is 291 g/mol. The number of anilines is 1. The van der Waals surface area contributed by atoms with E-state index in [0.29, 0.717) is 6.04 Å². The lowest BCUT2D eigenvalue weighted by Crippen LogP contribution is -2.57. The minimum Gasteiger partial charge on any atom is -0.381 e. The molecule has 114 valence electrons. The van der Waals surface area contributed by atoms with Crippen LogP contribution in [0, 0.1) is 0 Å². The molecule has 1 atom stereocenters. The monoisotopic (exact) mass is 291 g/mol. The third kappa shape index (κ3) is 2.99. The first-order valence-electron chi connectivity index (χ1n) is 7.22. The molecule has 1 aromatic heterocycles. The van der Waals surface area contributed by atoms with Gasteiger partial charge in [0.25, 0.3) is 0 Å². The minimum absolute atomic E-state index is 0.110. The number of aromatic amines is 1. The van der Waals surface area contributed by atoms with Crippen molar-refractivity contribution in [2.75, 3.05) is 32.3 Å². The Morgan fingerprint density at radius 2 is 2.14 bits per heavy atom. The van der Waals surface area contributed by atoms with Crippen LogP contribution in [0.3, 0.4) is 0 Å². The van der Waals surface area contributed by atoms with Crippen molar-refractivity contribution in [3.8, 4) is 0 Å². The van der Waals surface area contributed by atoms with E-state index in [2.05, 4.69) is 15.3 Å². The Bertz CT molecular complexity index is 577. The van der Waals surface area contributed by atoms with E-state index in [0.717, 1.165) is 37.4 Å². The van der Waals surface area contributed by atoms with E-state index in [1.807, 2.05) is 30.3 Å². The average Bonchev–Trinajstić information content (AvgIpc) is 2.47. The Labute approximate surface area is 123 Å². The number of nitrogens with zero attached hydrogens (tertiary/aromatic N) is 3. The summed E-state index contributed by atoms with van der Waals surface area (Å²) in [5.74, 6) is 0.770. The molecule has 1 unspecified atom stereocenters. The smallest absolute Gasteiger partial charge is 0.249 e. The molecule has 2 aliphatic heterocycles. The summed E-state index contributed by atoms with van der Waals surface area (Å²) in [6.45, 7) is 1.56. The van der Waals surface area contributed by atoms with Gasteiger partial charge in [0, 0.05) is 51.2 Å². The minimum atomic E-state index is -0.214. The molecule has 0 radical (unpaired) electrons. The zero-order valence-electron chi connectivity index (χ0n) is 12.4. The lowest BCUT2D eigenvalue weighted by molar-refractivity contribution is 0.0729. The molecular weight excluding hydrogens is 270 g/mol.